The van der Waals surface area contributed by atoms with Crippen LogP contribution in [0.4, 0.5) is 5.69 Å². The highest BCUT2D eigenvalue weighted by atomic mass is 32.2. The molecule has 0 spiro atoms. The average Bonchev–Trinajstić information content (AvgIpc) is 2.99. The van der Waals surface area contributed by atoms with Crippen LogP contribution in [-0.4, -0.2) is 28.1 Å². The number of fused-ring (bicyclic) bond motifs is 2. The molecule has 3 aromatic rings. The Kier molecular flexibility index (Phi) is 4.04. The Bertz CT molecular complexity index is 976. The number of amides is 1. The van der Waals surface area contributed by atoms with Gasteiger partial charge in [0.15, 0.2) is 10.9 Å². The van der Waals surface area contributed by atoms with E-state index in [0.717, 1.165) is 35.7 Å². The van der Waals surface area contributed by atoms with Gasteiger partial charge in [-0.05, 0) is 67.8 Å². The van der Waals surface area contributed by atoms with Crippen molar-refractivity contribution >= 4 is 28.9 Å². The van der Waals surface area contributed by atoms with Gasteiger partial charge in [-0.3, -0.25) is 9.20 Å². The van der Waals surface area contributed by atoms with Gasteiger partial charge in [0.1, 0.15) is 0 Å². The fourth-order valence-electron chi connectivity index (χ4n) is 3.73. The maximum Gasteiger partial charge on any atom is 0.279 e. The minimum absolute atomic E-state index is 0.00468. The minimum Gasteiger partial charge on any atom is -0.307 e. The van der Waals surface area contributed by atoms with Crippen LogP contribution >= 0.6 is 11.8 Å². The highest BCUT2D eigenvalue weighted by Crippen LogP contribution is 2.33. The lowest BCUT2D eigenvalue weighted by molar-refractivity contribution is 0.0982. The summed E-state index contributed by atoms with van der Waals surface area (Å²) in [5.41, 5.74) is 6.21. The molecule has 0 radical (unpaired) electrons. The summed E-state index contributed by atoms with van der Waals surface area (Å²) in [6.07, 6.45) is 5.97. The first kappa shape index (κ1) is 16.2. The number of anilines is 1. The molecule has 0 saturated heterocycles. The zero-order chi connectivity index (χ0) is 17.6. The van der Waals surface area contributed by atoms with E-state index in [4.69, 9.17) is 0 Å². The van der Waals surface area contributed by atoms with Gasteiger partial charge in [0.25, 0.3) is 5.91 Å². The predicted octanol–water partition coefficient (Wildman–Crippen LogP) is 4.27. The second-order valence-electron chi connectivity index (χ2n) is 6.54. The third kappa shape index (κ3) is 2.63. The Morgan fingerprint density at radius 3 is 2.88 bits per heavy atom. The third-order valence-corrected chi connectivity index (χ3v) is 5.49. The van der Waals surface area contributed by atoms with Crippen molar-refractivity contribution in [3.05, 3.63) is 58.9 Å². The highest BCUT2D eigenvalue weighted by molar-refractivity contribution is 7.98. The van der Waals surface area contributed by atoms with E-state index in [2.05, 4.69) is 31.0 Å². The molecular formula is C20H21N3OS. The number of hydrogen-bond acceptors (Lipinski definition) is 3. The molecule has 1 aromatic carbocycles. The van der Waals surface area contributed by atoms with Gasteiger partial charge in [-0.1, -0.05) is 23.9 Å². The Labute approximate surface area is 151 Å². The first-order chi connectivity index (χ1) is 12.1. The Hall–Kier alpha value is -2.27. The van der Waals surface area contributed by atoms with E-state index < -0.39 is 0 Å². The fourth-order valence-corrected chi connectivity index (χ4v) is 4.26. The Morgan fingerprint density at radius 1 is 1.24 bits per heavy atom. The van der Waals surface area contributed by atoms with Crippen LogP contribution in [0, 0.1) is 13.8 Å². The monoisotopic (exact) mass is 351 g/mol. The van der Waals surface area contributed by atoms with Crippen molar-refractivity contribution in [2.45, 2.75) is 31.8 Å². The SMILES string of the molecule is CSc1nc(C(=O)N2CCCc3c(C)cc(C)cc32)c2ccccn12. The highest BCUT2D eigenvalue weighted by Gasteiger charge is 2.28. The maximum absolute atomic E-state index is 13.4. The molecule has 5 heteroatoms. The van der Waals surface area contributed by atoms with Crippen LogP contribution in [0.2, 0.25) is 0 Å². The number of carbonyl (C=O) groups excluding carboxylic acids is 1. The zero-order valence-electron chi connectivity index (χ0n) is 14.7. The van der Waals surface area contributed by atoms with Crippen molar-refractivity contribution in [2.24, 2.45) is 0 Å². The van der Waals surface area contributed by atoms with Gasteiger partial charge in [-0.25, -0.2) is 4.98 Å². The quantitative estimate of drug-likeness (QED) is 0.647. The number of benzene rings is 1. The summed E-state index contributed by atoms with van der Waals surface area (Å²) < 4.78 is 1.99. The van der Waals surface area contributed by atoms with Crippen LogP contribution < -0.4 is 4.90 Å². The molecule has 25 heavy (non-hydrogen) atoms. The molecule has 1 aliphatic rings. The van der Waals surface area contributed by atoms with Gasteiger partial charge >= 0.3 is 0 Å². The number of aromatic nitrogens is 2. The van der Waals surface area contributed by atoms with Crippen LogP contribution in [-0.2, 0) is 6.42 Å². The number of rotatable bonds is 2. The molecule has 0 unspecified atom stereocenters. The molecule has 4 rings (SSSR count). The lowest BCUT2D eigenvalue weighted by Crippen LogP contribution is -2.36. The molecule has 0 saturated carbocycles. The normalized spacial score (nSPS) is 14.0. The van der Waals surface area contributed by atoms with Crippen molar-refractivity contribution in [1.29, 1.82) is 0 Å². The largest absolute Gasteiger partial charge is 0.307 e. The van der Waals surface area contributed by atoms with E-state index in [9.17, 15) is 4.79 Å². The molecule has 1 amide bonds. The van der Waals surface area contributed by atoms with Gasteiger partial charge in [0.05, 0.1) is 5.52 Å². The smallest absolute Gasteiger partial charge is 0.279 e. The molecule has 4 nitrogen and oxygen atoms in total. The molecule has 1 aliphatic heterocycles. The number of imidazole rings is 1. The Morgan fingerprint density at radius 2 is 2.08 bits per heavy atom. The van der Waals surface area contributed by atoms with E-state index in [1.165, 1.54) is 16.7 Å². The van der Waals surface area contributed by atoms with Crippen LogP contribution in [0.5, 0.6) is 0 Å². The number of pyridine rings is 1. The number of aryl methyl sites for hydroxylation is 2. The summed E-state index contributed by atoms with van der Waals surface area (Å²) in [7, 11) is 0. The van der Waals surface area contributed by atoms with Crippen LogP contribution in [0.1, 0.15) is 33.6 Å². The molecule has 128 valence electrons. The lowest BCUT2D eigenvalue weighted by Gasteiger charge is -2.30. The molecule has 3 heterocycles. The van der Waals surface area contributed by atoms with E-state index in [0.29, 0.717) is 5.69 Å². The van der Waals surface area contributed by atoms with E-state index in [1.54, 1.807) is 11.8 Å². The van der Waals surface area contributed by atoms with E-state index in [-0.39, 0.29) is 5.91 Å². The van der Waals surface area contributed by atoms with E-state index in [1.807, 2.05) is 40.0 Å². The van der Waals surface area contributed by atoms with Gasteiger partial charge in [-0.2, -0.15) is 0 Å². The van der Waals surface area contributed by atoms with Gasteiger partial charge in [0.2, 0.25) is 0 Å². The second-order valence-corrected chi connectivity index (χ2v) is 7.32. The number of hydrogen-bond donors (Lipinski definition) is 0. The second kappa shape index (κ2) is 6.23. The summed E-state index contributed by atoms with van der Waals surface area (Å²) in [5, 5.41) is 0.844. The average molecular weight is 351 g/mol. The summed E-state index contributed by atoms with van der Waals surface area (Å²) in [5.74, 6) is -0.00468. The first-order valence-corrected chi connectivity index (χ1v) is 9.75. The molecule has 2 aromatic heterocycles. The van der Waals surface area contributed by atoms with Gasteiger partial charge in [0, 0.05) is 18.4 Å². The number of carbonyl (C=O) groups is 1. The van der Waals surface area contributed by atoms with Crippen LogP contribution in [0.25, 0.3) is 5.52 Å². The topological polar surface area (TPSA) is 37.6 Å². The van der Waals surface area contributed by atoms with Crippen molar-refractivity contribution in [1.82, 2.24) is 9.38 Å². The standard InChI is InChI=1S/C20H21N3OS/c1-13-11-14(2)15-7-6-10-22(17(15)12-13)19(24)18-16-8-4-5-9-23(16)20(21-18)25-3/h4-5,8-9,11-12H,6-7,10H2,1-3H3. The van der Waals surface area contributed by atoms with Gasteiger partial charge in [-0.15, -0.1) is 0 Å². The molecule has 0 bridgehead atoms. The summed E-state index contributed by atoms with van der Waals surface area (Å²) in [4.78, 5) is 19.9. The lowest BCUT2D eigenvalue weighted by atomic mass is 9.95. The first-order valence-electron chi connectivity index (χ1n) is 8.53. The predicted molar refractivity (Wildman–Crippen MR) is 103 cm³/mol. The van der Waals surface area contributed by atoms with Crippen molar-refractivity contribution < 1.29 is 4.79 Å². The summed E-state index contributed by atoms with van der Waals surface area (Å²) >= 11 is 1.55. The van der Waals surface area contributed by atoms with Crippen molar-refractivity contribution in [3.8, 4) is 0 Å². The van der Waals surface area contributed by atoms with Crippen LogP contribution in [0.3, 0.4) is 0 Å². The van der Waals surface area contributed by atoms with Crippen LogP contribution in [0.15, 0.2) is 41.7 Å². The van der Waals surface area contributed by atoms with E-state index >= 15 is 0 Å². The molecule has 0 atom stereocenters. The number of nitrogens with zero attached hydrogens (tertiary/aromatic N) is 3. The zero-order valence-corrected chi connectivity index (χ0v) is 15.6. The van der Waals surface area contributed by atoms with Crippen molar-refractivity contribution in [2.75, 3.05) is 17.7 Å². The van der Waals surface area contributed by atoms with Crippen molar-refractivity contribution in [3.63, 3.8) is 0 Å². The van der Waals surface area contributed by atoms with Gasteiger partial charge < -0.3 is 4.90 Å². The molecular weight excluding hydrogens is 330 g/mol. The maximum atomic E-state index is 13.4. The third-order valence-electron chi connectivity index (χ3n) is 4.84. The fraction of sp³-hybridized carbons (Fsp3) is 0.300. The molecule has 0 fully saturated rings. The molecule has 0 N–H and O–H groups in total. The number of thioether (sulfide) groups is 1. The summed E-state index contributed by atoms with van der Waals surface area (Å²) in [6.45, 7) is 4.97. The summed E-state index contributed by atoms with van der Waals surface area (Å²) in [6, 6.07) is 10.2. The molecule has 0 aliphatic carbocycles. The Balaban J connectivity index is 1.84. The minimum atomic E-state index is -0.00468.